The van der Waals surface area contributed by atoms with Crippen molar-refractivity contribution >= 4 is 16.9 Å². The number of benzene rings is 1. The number of rotatable bonds is 5. The lowest BCUT2D eigenvalue weighted by Gasteiger charge is -2.27. The highest BCUT2D eigenvalue weighted by molar-refractivity contribution is 5.98. The van der Waals surface area contributed by atoms with Gasteiger partial charge in [0.2, 0.25) is 5.91 Å². The van der Waals surface area contributed by atoms with Gasteiger partial charge < -0.3 is 14.8 Å². The first-order valence-electron chi connectivity index (χ1n) is 10.9. The normalized spacial score (nSPS) is 13.9. The van der Waals surface area contributed by atoms with Gasteiger partial charge in [0.25, 0.3) is 0 Å². The van der Waals surface area contributed by atoms with Crippen LogP contribution in [0.1, 0.15) is 5.69 Å². The number of hydrogen-bond acceptors (Lipinski definition) is 4. The van der Waals surface area contributed by atoms with E-state index < -0.39 is 0 Å². The minimum atomic E-state index is -0.289. The molecule has 4 heterocycles. The molecule has 8 heteroatoms. The van der Waals surface area contributed by atoms with Crippen molar-refractivity contribution in [1.29, 1.82) is 0 Å². The Balaban J connectivity index is 1.61. The number of aromatic nitrogens is 4. The molecule has 3 aromatic heterocycles. The highest BCUT2D eigenvalue weighted by atomic mass is 19.1. The predicted molar refractivity (Wildman–Crippen MR) is 126 cm³/mol. The van der Waals surface area contributed by atoms with E-state index in [4.69, 9.17) is 5.10 Å². The molecule has 1 aliphatic heterocycles. The summed E-state index contributed by atoms with van der Waals surface area (Å²) in [6.45, 7) is 2.33. The molecular formula is C25H25FN6O. The molecule has 33 heavy (non-hydrogen) atoms. The average molecular weight is 445 g/mol. The molecule has 0 bridgehead atoms. The molecule has 0 aliphatic carbocycles. The van der Waals surface area contributed by atoms with Crippen LogP contribution in [0.4, 0.5) is 4.39 Å². The first-order valence-corrected chi connectivity index (χ1v) is 10.9. The fourth-order valence-corrected chi connectivity index (χ4v) is 4.25. The van der Waals surface area contributed by atoms with Crippen LogP contribution in [0.25, 0.3) is 33.4 Å². The smallest absolute Gasteiger partial charge is 0.246 e. The second-order valence-electron chi connectivity index (χ2n) is 8.42. The number of pyridine rings is 1. The summed E-state index contributed by atoms with van der Waals surface area (Å²) in [5, 5.41) is 5.88. The Morgan fingerprint density at radius 3 is 2.79 bits per heavy atom. The fraction of sp³-hybridized carbons (Fsp3) is 0.240. The summed E-state index contributed by atoms with van der Waals surface area (Å²) in [4.78, 5) is 24.3. The van der Waals surface area contributed by atoms with E-state index >= 15 is 0 Å². The zero-order chi connectivity index (χ0) is 22.9. The Morgan fingerprint density at radius 1 is 1.18 bits per heavy atom. The van der Waals surface area contributed by atoms with Crippen LogP contribution >= 0.6 is 0 Å². The largest absolute Gasteiger partial charge is 0.346 e. The number of H-pyrrole nitrogens is 1. The number of fused-ring (bicyclic) bond motifs is 2. The number of carbonyl (C=O) groups is 1. The number of hydrogen-bond donors (Lipinski definition) is 1. The number of nitrogens with zero attached hydrogens (tertiary/aromatic N) is 5. The van der Waals surface area contributed by atoms with Crippen LogP contribution in [0.5, 0.6) is 0 Å². The Hall–Kier alpha value is -3.78. The van der Waals surface area contributed by atoms with Gasteiger partial charge in [-0.25, -0.2) is 9.37 Å². The average Bonchev–Trinajstić information content (AvgIpc) is 3.43. The molecule has 0 saturated heterocycles. The molecule has 1 N–H and O–H groups in total. The Bertz CT molecular complexity index is 1330. The van der Waals surface area contributed by atoms with E-state index in [1.807, 2.05) is 53.0 Å². The van der Waals surface area contributed by atoms with Gasteiger partial charge in [0.05, 0.1) is 18.8 Å². The van der Waals surface area contributed by atoms with E-state index in [0.717, 1.165) is 39.1 Å². The lowest BCUT2D eigenvalue weighted by atomic mass is 9.96. The lowest BCUT2D eigenvalue weighted by molar-refractivity contribution is -0.127. The fourth-order valence-electron chi connectivity index (χ4n) is 4.25. The van der Waals surface area contributed by atoms with Crippen LogP contribution in [0, 0.1) is 5.82 Å². The Morgan fingerprint density at radius 2 is 2.00 bits per heavy atom. The van der Waals surface area contributed by atoms with Gasteiger partial charge >= 0.3 is 0 Å². The lowest BCUT2D eigenvalue weighted by Crippen LogP contribution is -2.37. The van der Waals surface area contributed by atoms with E-state index in [9.17, 15) is 9.18 Å². The summed E-state index contributed by atoms with van der Waals surface area (Å²) in [5.74, 6) is -0.303. The zero-order valence-corrected chi connectivity index (χ0v) is 18.6. The van der Waals surface area contributed by atoms with Gasteiger partial charge in [0.1, 0.15) is 17.2 Å². The van der Waals surface area contributed by atoms with Crippen molar-refractivity contribution in [3.63, 3.8) is 0 Å². The van der Waals surface area contributed by atoms with E-state index in [0.29, 0.717) is 26.2 Å². The molecule has 0 saturated carbocycles. The van der Waals surface area contributed by atoms with E-state index in [2.05, 4.69) is 9.97 Å². The van der Waals surface area contributed by atoms with Crippen LogP contribution in [-0.4, -0.2) is 62.6 Å². The first-order chi connectivity index (χ1) is 16.0. The number of nitrogens with one attached hydrogen (secondary N) is 1. The molecule has 5 rings (SSSR count). The van der Waals surface area contributed by atoms with Crippen molar-refractivity contribution in [2.24, 2.45) is 0 Å². The van der Waals surface area contributed by atoms with Crippen LogP contribution in [0.3, 0.4) is 0 Å². The van der Waals surface area contributed by atoms with Crippen molar-refractivity contribution in [3.05, 3.63) is 72.5 Å². The maximum atomic E-state index is 13.6. The zero-order valence-electron chi connectivity index (χ0n) is 18.6. The van der Waals surface area contributed by atoms with E-state index in [-0.39, 0.29) is 11.7 Å². The molecule has 1 aromatic carbocycles. The summed E-state index contributed by atoms with van der Waals surface area (Å²) in [6.07, 6.45) is 7.15. The molecular weight excluding hydrogens is 419 g/mol. The highest BCUT2D eigenvalue weighted by Gasteiger charge is 2.28. The predicted octanol–water partition coefficient (Wildman–Crippen LogP) is 3.69. The highest BCUT2D eigenvalue weighted by Crippen LogP contribution is 2.39. The van der Waals surface area contributed by atoms with Gasteiger partial charge in [-0.1, -0.05) is 6.08 Å². The van der Waals surface area contributed by atoms with Crippen molar-refractivity contribution in [1.82, 2.24) is 29.5 Å². The summed E-state index contributed by atoms with van der Waals surface area (Å²) in [6, 6.07) is 10.3. The number of aromatic amines is 1. The minimum absolute atomic E-state index is 0.0138. The number of carbonyl (C=O) groups excluding carboxylic acids is 1. The third-order valence-corrected chi connectivity index (χ3v) is 5.87. The van der Waals surface area contributed by atoms with Crippen LogP contribution in [-0.2, 0) is 17.9 Å². The van der Waals surface area contributed by atoms with Crippen molar-refractivity contribution in [3.8, 4) is 22.4 Å². The van der Waals surface area contributed by atoms with Gasteiger partial charge in [-0.2, -0.15) is 5.10 Å². The second kappa shape index (κ2) is 8.63. The maximum Gasteiger partial charge on any atom is 0.246 e. The molecule has 1 aliphatic rings. The quantitative estimate of drug-likeness (QED) is 0.477. The summed E-state index contributed by atoms with van der Waals surface area (Å²) in [7, 11) is 3.93. The van der Waals surface area contributed by atoms with Crippen LogP contribution in [0.15, 0.2) is 60.9 Å². The topological polar surface area (TPSA) is 70.1 Å². The SMILES string of the molecule is CN(C)C/C=C/C(=O)N1CCn2nc(-c3ccc(F)cc3)c(-c3ccnc4[nH]ccc34)c2C1. The molecule has 7 nitrogen and oxygen atoms in total. The Labute approximate surface area is 191 Å². The second-order valence-corrected chi connectivity index (χ2v) is 8.42. The molecule has 0 radical (unpaired) electrons. The molecule has 1 amide bonds. The van der Waals surface area contributed by atoms with Crippen molar-refractivity contribution in [2.75, 3.05) is 27.2 Å². The van der Waals surface area contributed by atoms with Gasteiger partial charge in [0, 0.05) is 48.1 Å². The molecule has 0 atom stereocenters. The van der Waals surface area contributed by atoms with E-state index in [1.54, 1.807) is 24.4 Å². The standard InChI is InChI=1S/C25H25FN6O/c1-30(2)13-3-4-22(33)31-14-15-32-21(16-31)23(19-9-11-27-25-20(19)10-12-28-25)24(29-32)17-5-7-18(26)8-6-17/h3-12H,13-16H2,1-2H3,(H,27,28)/b4-3+. The van der Waals surface area contributed by atoms with Crippen molar-refractivity contribution < 1.29 is 9.18 Å². The number of likely N-dealkylation sites (N-methyl/N-ethyl adjacent to an activating group) is 1. The summed E-state index contributed by atoms with van der Waals surface area (Å²) >= 11 is 0. The molecule has 0 fully saturated rings. The molecule has 4 aromatic rings. The van der Waals surface area contributed by atoms with Gasteiger partial charge in [-0.15, -0.1) is 0 Å². The van der Waals surface area contributed by atoms with Crippen LogP contribution < -0.4 is 0 Å². The maximum absolute atomic E-state index is 13.6. The van der Waals surface area contributed by atoms with Gasteiger partial charge in [0.15, 0.2) is 0 Å². The molecule has 0 spiro atoms. The summed E-state index contributed by atoms with van der Waals surface area (Å²) in [5.41, 5.74) is 5.29. The van der Waals surface area contributed by atoms with Crippen molar-refractivity contribution in [2.45, 2.75) is 13.1 Å². The molecule has 168 valence electrons. The Kier molecular flexibility index (Phi) is 5.51. The first kappa shape index (κ1) is 21.1. The van der Waals surface area contributed by atoms with Gasteiger partial charge in [-0.3, -0.25) is 9.48 Å². The number of halogens is 1. The third kappa shape index (κ3) is 4.05. The number of amides is 1. The van der Waals surface area contributed by atoms with Gasteiger partial charge in [-0.05, 0) is 56.1 Å². The van der Waals surface area contributed by atoms with Crippen LogP contribution in [0.2, 0.25) is 0 Å². The third-order valence-electron chi connectivity index (χ3n) is 5.87. The minimum Gasteiger partial charge on any atom is -0.346 e. The monoisotopic (exact) mass is 444 g/mol. The summed E-state index contributed by atoms with van der Waals surface area (Å²) < 4.78 is 15.6. The van der Waals surface area contributed by atoms with E-state index in [1.165, 1.54) is 12.1 Å². The molecule has 0 unspecified atom stereocenters.